The van der Waals surface area contributed by atoms with Gasteiger partial charge in [-0.05, 0) is 160 Å². The molecule has 60 heavy (non-hydrogen) atoms. The van der Waals surface area contributed by atoms with Crippen LogP contribution >= 0.6 is 0 Å². The second-order valence-corrected chi connectivity index (χ2v) is 22.0. The molecular weight excluding hydrogens is 776 g/mol. The van der Waals surface area contributed by atoms with Gasteiger partial charge in [0.25, 0.3) is 0 Å². The van der Waals surface area contributed by atoms with E-state index in [1.54, 1.807) is 0 Å². The van der Waals surface area contributed by atoms with Crippen LogP contribution in [-0.2, 0) is 57.3 Å². The number of fused-ring (bicyclic) bond motifs is 12. The zero-order valence-electron chi connectivity index (χ0n) is 35.1. The molecule has 2 heterocycles. The maximum absolute atomic E-state index is 14.7. The summed E-state index contributed by atoms with van der Waals surface area (Å²) in [7, 11) is 1.26. The Kier molecular flexibility index (Phi) is 9.11. The van der Waals surface area contributed by atoms with E-state index in [2.05, 4.69) is 13.8 Å². The van der Waals surface area contributed by atoms with Crippen LogP contribution in [0.2, 0.25) is 0 Å². The predicted octanol–water partition coefficient (Wildman–Crippen LogP) is 4.51. The maximum Gasteiger partial charge on any atom is 0.317 e. The average molecular weight is 835 g/mol. The number of aliphatic carboxylic acids is 2. The molecule has 2 aliphatic heterocycles. The molecule has 8 bridgehead atoms. The second-order valence-electron chi connectivity index (χ2n) is 22.0. The van der Waals surface area contributed by atoms with E-state index in [0.29, 0.717) is 44.9 Å². The Morgan fingerprint density at radius 2 is 1.05 bits per heavy atom. The highest BCUT2D eigenvalue weighted by molar-refractivity contribution is 5.98. The Labute approximate surface area is 348 Å². The van der Waals surface area contributed by atoms with Gasteiger partial charge in [-0.15, -0.1) is 0 Å². The average Bonchev–Trinajstić information content (AvgIpc) is 4.05. The summed E-state index contributed by atoms with van der Waals surface area (Å²) in [6.45, 7) is 9.61. The fourth-order valence-corrected chi connectivity index (χ4v) is 18.0. The first-order valence-corrected chi connectivity index (χ1v) is 22.6. The zero-order valence-corrected chi connectivity index (χ0v) is 35.1. The number of methoxy groups -OCH3 is 1. The summed E-state index contributed by atoms with van der Waals surface area (Å²) in [4.78, 5) is 109. The summed E-state index contributed by atoms with van der Waals surface area (Å²) >= 11 is 0. The van der Waals surface area contributed by atoms with Gasteiger partial charge in [0.15, 0.2) is 0 Å². The first kappa shape index (κ1) is 40.2. The van der Waals surface area contributed by atoms with Gasteiger partial charge in [-0.3, -0.25) is 38.4 Å². The normalized spacial score (nSPS) is 51.8. The largest absolute Gasteiger partial charge is 0.481 e. The minimum atomic E-state index is -1.17. The molecule has 0 aromatic rings. The van der Waals surface area contributed by atoms with Gasteiger partial charge in [-0.2, -0.15) is 0 Å². The molecule has 326 valence electrons. The van der Waals surface area contributed by atoms with Crippen LogP contribution < -0.4 is 0 Å². The molecule has 0 aromatic carbocycles. The number of esters is 6. The lowest BCUT2D eigenvalue weighted by atomic mass is 9.42. The van der Waals surface area contributed by atoms with E-state index in [1.807, 2.05) is 20.8 Å². The Hall–Kier alpha value is -3.84. The van der Waals surface area contributed by atoms with Crippen LogP contribution in [0.15, 0.2) is 0 Å². The van der Waals surface area contributed by atoms with E-state index in [1.165, 1.54) is 7.11 Å². The molecule has 11 aliphatic rings. The van der Waals surface area contributed by atoms with Crippen molar-refractivity contribution in [2.24, 2.45) is 142 Å². The molecule has 11 rings (SSSR count). The van der Waals surface area contributed by atoms with Crippen molar-refractivity contribution in [3.8, 4) is 0 Å². The molecule has 24 unspecified atom stereocenters. The van der Waals surface area contributed by atoms with Gasteiger partial charge >= 0.3 is 47.8 Å². The smallest absolute Gasteiger partial charge is 0.317 e. The fourth-order valence-electron chi connectivity index (χ4n) is 18.0. The highest BCUT2D eigenvalue weighted by atomic mass is 16.6. The molecule has 24 atom stereocenters. The number of hydrogen-bond acceptors (Lipinski definition) is 12. The quantitative estimate of drug-likeness (QED) is 0.196. The number of cyclic esters (lactones) is 4. The molecule has 2 saturated heterocycles. The monoisotopic (exact) mass is 834 g/mol. The third-order valence-electron chi connectivity index (χ3n) is 19.2. The Morgan fingerprint density at radius 1 is 0.533 bits per heavy atom. The lowest BCUT2D eigenvalue weighted by molar-refractivity contribution is -0.192. The molecule has 9 saturated carbocycles. The van der Waals surface area contributed by atoms with E-state index in [-0.39, 0.29) is 77.0 Å². The van der Waals surface area contributed by atoms with E-state index in [4.69, 9.17) is 18.9 Å². The zero-order chi connectivity index (χ0) is 42.8. The Bertz CT molecular complexity index is 1950. The van der Waals surface area contributed by atoms with Crippen LogP contribution in [0.25, 0.3) is 0 Å². The van der Waals surface area contributed by atoms with Crippen molar-refractivity contribution >= 4 is 47.8 Å². The van der Waals surface area contributed by atoms with Gasteiger partial charge in [0.1, 0.15) is 5.60 Å². The first-order chi connectivity index (χ1) is 28.3. The summed E-state index contributed by atoms with van der Waals surface area (Å²) in [5.74, 6) is -15.6. The van der Waals surface area contributed by atoms with Gasteiger partial charge in [0, 0.05) is 0 Å². The molecule has 14 nitrogen and oxygen atoms in total. The minimum absolute atomic E-state index is 0.000757. The third kappa shape index (κ3) is 5.41. The maximum atomic E-state index is 14.7. The summed E-state index contributed by atoms with van der Waals surface area (Å²) in [5, 5.41) is 21.1. The van der Waals surface area contributed by atoms with Crippen molar-refractivity contribution in [1.82, 2.24) is 0 Å². The van der Waals surface area contributed by atoms with Gasteiger partial charge in [-0.25, -0.2) is 0 Å². The summed E-state index contributed by atoms with van der Waals surface area (Å²) < 4.78 is 22.3. The SMILES string of the molecule is COC(=O)C1C2CCC(C1C(=O)O)C(C1C(=O)OC(=O)C1C1C3CC(CC3C(=O)OC(C)(C)C)C1C1C(C)C3CC1C1C(=O)OC(=O)C31)C2C1C2CC(C(=O)O)C(C2)C1C. The van der Waals surface area contributed by atoms with Crippen molar-refractivity contribution in [1.29, 1.82) is 0 Å². The number of carbonyl (C=O) groups excluding carboxylic acids is 6. The Balaban J connectivity index is 1.09. The van der Waals surface area contributed by atoms with Crippen molar-refractivity contribution in [2.45, 2.75) is 85.2 Å². The highest BCUT2D eigenvalue weighted by Crippen LogP contribution is 2.73. The van der Waals surface area contributed by atoms with E-state index < -0.39 is 118 Å². The van der Waals surface area contributed by atoms with Gasteiger partial charge in [0.2, 0.25) is 0 Å². The molecular formula is C46H58O14. The molecule has 14 heteroatoms. The van der Waals surface area contributed by atoms with E-state index >= 15 is 0 Å². The lowest BCUT2D eigenvalue weighted by Crippen LogP contribution is -2.61. The molecule has 9 aliphatic carbocycles. The number of carboxylic acids is 2. The second kappa shape index (κ2) is 13.6. The minimum Gasteiger partial charge on any atom is -0.481 e. The molecule has 0 amide bonds. The van der Waals surface area contributed by atoms with Crippen LogP contribution in [0, 0.1) is 142 Å². The molecule has 2 N–H and O–H groups in total. The van der Waals surface area contributed by atoms with Crippen LogP contribution in [0.4, 0.5) is 0 Å². The van der Waals surface area contributed by atoms with Crippen molar-refractivity contribution in [3.63, 3.8) is 0 Å². The number of ether oxygens (including phenoxy) is 4. The van der Waals surface area contributed by atoms with Crippen molar-refractivity contribution < 1.29 is 67.5 Å². The fraction of sp³-hybridized carbons (Fsp3) is 0.826. The lowest BCUT2D eigenvalue weighted by Gasteiger charge is -2.60. The number of carboxylic acid groups (broad SMARTS) is 2. The number of carbonyl (C=O) groups is 8. The van der Waals surface area contributed by atoms with Crippen molar-refractivity contribution in [3.05, 3.63) is 0 Å². The summed E-state index contributed by atoms with van der Waals surface area (Å²) in [5.41, 5.74) is -0.768. The summed E-state index contributed by atoms with van der Waals surface area (Å²) in [6, 6.07) is 0. The summed E-state index contributed by atoms with van der Waals surface area (Å²) in [6.07, 6.45) is 3.94. The number of rotatable bonds is 8. The predicted molar refractivity (Wildman–Crippen MR) is 203 cm³/mol. The van der Waals surface area contributed by atoms with Crippen LogP contribution in [0.1, 0.15) is 79.6 Å². The number of hydrogen-bond donors (Lipinski definition) is 2. The molecule has 0 radical (unpaired) electrons. The van der Waals surface area contributed by atoms with Gasteiger partial charge < -0.3 is 29.2 Å². The van der Waals surface area contributed by atoms with E-state index in [0.717, 1.165) is 0 Å². The van der Waals surface area contributed by atoms with Crippen LogP contribution in [-0.4, -0.2) is 70.7 Å². The highest BCUT2D eigenvalue weighted by Gasteiger charge is 2.74. The molecule has 0 spiro atoms. The first-order valence-electron chi connectivity index (χ1n) is 22.6. The molecule has 11 fully saturated rings. The van der Waals surface area contributed by atoms with Gasteiger partial charge in [-0.1, -0.05) is 13.8 Å². The third-order valence-corrected chi connectivity index (χ3v) is 19.2. The standard InChI is InChI=1S/C46H58O14/c1-14-20-9-16(11-23(20)38(47)48)26(14)29-19-8-7-18(32(39(49)50)33(19)41(52)57-6)30(29)36-37(45(56)59-44(36)55)31-22-10-17(12-24(22)40(51)60-46(3,4)5)28(31)27-15(2)21-13-25(27)35-34(21)42(53)58-43(35)54/h14-37H,7-13H2,1-6H3,(H,47,48)(H,49,50). The van der Waals surface area contributed by atoms with Crippen molar-refractivity contribution in [2.75, 3.05) is 7.11 Å². The Morgan fingerprint density at radius 3 is 1.62 bits per heavy atom. The van der Waals surface area contributed by atoms with Gasteiger partial charge in [0.05, 0.1) is 54.5 Å². The molecule has 0 aromatic heterocycles. The van der Waals surface area contributed by atoms with Crippen LogP contribution in [0.3, 0.4) is 0 Å². The van der Waals surface area contributed by atoms with Crippen LogP contribution in [0.5, 0.6) is 0 Å². The topological polar surface area (TPSA) is 214 Å². The van der Waals surface area contributed by atoms with E-state index in [9.17, 15) is 48.6 Å².